The summed E-state index contributed by atoms with van der Waals surface area (Å²) in [6.07, 6.45) is 1.57. The van der Waals surface area contributed by atoms with Gasteiger partial charge >= 0.3 is 5.97 Å². The van der Waals surface area contributed by atoms with E-state index in [0.717, 1.165) is 24.5 Å². The van der Waals surface area contributed by atoms with Gasteiger partial charge in [-0.1, -0.05) is 0 Å². The van der Waals surface area contributed by atoms with Crippen molar-refractivity contribution in [3.8, 4) is 0 Å². The van der Waals surface area contributed by atoms with Gasteiger partial charge in [-0.15, -0.1) is 0 Å². The summed E-state index contributed by atoms with van der Waals surface area (Å²) in [6.45, 7) is 2.47. The van der Waals surface area contributed by atoms with Crippen LogP contribution in [0.1, 0.15) is 19.8 Å². The van der Waals surface area contributed by atoms with Crippen LogP contribution in [0.3, 0.4) is 0 Å². The fourth-order valence-corrected chi connectivity index (χ4v) is 1.96. The van der Waals surface area contributed by atoms with Crippen LogP contribution >= 0.6 is 11.8 Å². The second-order valence-electron chi connectivity index (χ2n) is 3.62. The zero-order valence-electron chi connectivity index (χ0n) is 9.75. The summed E-state index contributed by atoms with van der Waals surface area (Å²) in [5, 5.41) is 0. The third kappa shape index (κ3) is 6.76. The first-order valence-electron chi connectivity index (χ1n) is 4.98. The van der Waals surface area contributed by atoms with E-state index in [1.807, 2.05) is 0 Å². The first-order chi connectivity index (χ1) is 7.04. The summed E-state index contributed by atoms with van der Waals surface area (Å²) in [4.78, 5) is 11.2. The van der Waals surface area contributed by atoms with Gasteiger partial charge in [-0.25, -0.2) is 0 Å². The number of rotatable bonds is 8. The molecular weight excluding hydrogens is 214 g/mol. The monoisotopic (exact) mass is 235 g/mol. The third-order valence-corrected chi connectivity index (χ3v) is 3.10. The molecule has 4 nitrogen and oxygen atoms in total. The molecule has 5 heteroatoms. The van der Waals surface area contributed by atoms with E-state index in [4.69, 9.17) is 10.5 Å². The molecule has 0 saturated carbocycles. The lowest BCUT2D eigenvalue weighted by Gasteiger charge is -2.20. The molecule has 0 saturated heterocycles. The topological polar surface area (TPSA) is 61.5 Å². The summed E-state index contributed by atoms with van der Waals surface area (Å²) < 4.78 is 9.55. The van der Waals surface area contributed by atoms with Crippen LogP contribution < -0.4 is 5.73 Å². The van der Waals surface area contributed by atoms with E-state index in [2.05, 4.69) is 4.74 Å². The number of ether oxygens (including phenoxy) is 2. The Hall–Kier alpha value is -0.260. The first kappa shape index (κ1) is 14.7. The summed E-state index contributed by atoms with van der Waals surface area (Å²) in [7, 11) is 3.05. The lowest BCUT2D eigenvalue weighted by molar-refractivity contribution is -0.146. The average Bonchev–Trinajstić information content (AvgIpc) is 2.22. The van der Waals surface area contributed by atoms with Crippen molar-refractivity contribution in [3.05, 3.63) is 0 Å². The van der Waals surface area contributed by atoms with E-state index in [1.54, 1.807) is 25.8 Å². The molecular formula is C10H21NO3S. The Morgan fingerprint density at radius 2 is 2.07 bits per heavy atom. The molecule has 0 aliphatic heterocycles. The molecule has 1 atom stereocenters. The number of carbonyl (C=O) groups excluding carboxylic acids is 1. The molecule has 0 radical (unpaired) electrons. The zero-order chi connectivity index (χ0) is 11.7. The Morgan fingerprint density at radius 1 is 1.40 bits per heavy atom. The molecule has 0 fully saturated rings. The van der Waals surface area contributed by atoms with Crippen molar-refractivity contribution in [1.29, 1.82) is 0 Å². The smallest absolute Gasteiger partial charge is 0.325 e. The number of hydrogen-bond donors (Lipinski definition) is 1. The molecule has 0 aromatic heterocycles. The Morgan fingerprint density at radius 3 is 2.60 bits per heavy atom. The maximum absolute atomic E-state index is 11.2. The molecule has 0 amide bonds. The average molecular weight is 235 g/mol. The molecule has 0 bridgehead atoms. The number of hydrogen-bond acceptors (Lipinski definition) is 5. The van der Waals surface area contributed by atoms with Gasteiger partial charge in [0.05, 0.1) is 13.7 Å². The van der Waals surface area contributed by atoms with Gasteiger partial charge in [-0.3, -0.25) is 4.79 Å². The SMILES string of the molecule is COCCSCCCC(C)(N)C(=O)OC. The van der Waals surface area contributed by atoms with E-state index < -0.39 is 5.54 Å². The standard InChI is InChI=1S/C10H21NO3S/c1-10(11,9(12)14-3)5-4-7-15-8-6-13-2/h4-8,11H2,1-3H3. The Bertz CT molecular complexity index is 186. The minimum Gasteiger partial charge on any atom is -0.468 e. The molecule has 1 unspecified atom stereocenters. The quantitative estimate of drug-likeness (QED) is 0.503. The van der Waals surface area contributed by atoms with Gasteiger partial charge < -0.3 is 15.2 Å². The molecule has 0 aromatic rings. The Labute approximate surface area is 95.9 Å². The lowest BCUT2D eigenvalue weighted by Crippen LogP contribution is -2.45. The molecule has 0 rings (SSSR count). The minimum atomic E-state index is -0.851. The third-order valence-electron chi connectivity index (χ3n) is 2.07. The van der Waals surface area contributed by atoms with Gasteiger partial charge in [-0.05, 0) is 25.5 Å². The number of nitrogens with two attached hydrogens (primary N) is 1. The van der Waals surface area contributed by atoms with Crippen LogP contribution in [0.2, 0.25) is 0 Å². The van der Waals surface area contributed by atoms with Crippen molar-refractivity contribution in [2.75, 3.05) is 32.3 Å². The van der Waals surface area contributed by atoms with E-state index in [0.29, 0.717) is 6.42 Å². The second kappa shape index (κ2) is 7.96. The van der Waals surface area contributed by atoms with Crippen LogP contribution in [0.5, 0.6) is 0 Å². The van der Waals surface area contributed by atoms with Crippen LogP contribution in [-0.4, -0.2) is 43.8 Å². The van der Waals surface area contributed by atoms with E-state index in [1.165, 1.54) is 7.11 Å². The highest BCUT2D eigenvalue weighted by atomic mass is 32.2. The predicted molar refractivity (Wildman–Crippen MR) is 63.0 cm³/mol. The zero-order valence-corrected chi connectivity index (χ0v) is 10.6. The minimum absolute atomic E-state index is 0.343. The van der Waals surface area contributed by atoms with E-state index in [-0.39, 0.29) is 5.97 Å². The molecule has 0 spiro atoms. The van der Waals surface area contributed by atoms with Crippen molar-refractivity contribution < 1.29 is 14.3 Å². The lowest BCUT2D eigenvalue weighted by atomic mass is 9.98. The number of carbonyl (C=O) groups is 1. The van der Waals surface area contributed by atoms with Crippen LogP contribution in [0, 0.1) is 0 Å². The van der Waals surface area contributed by atoms with Crippen molar-refractivity contribution >= 4 is 17.7 Å². The van der Waals surface area contributed by atoms with Gasteiger partial charge in [0, 0.05) is 12.9 Å². The number of thioether (sulfide) groups is 1. The highest BCUT2D eigenvalue weighted by molar-refractivity contribution is 7.99. The van der Waals surface area contributed by atoms with Crippen molar-refractivity contribution in [2.45, 2.75) is 25.3 Å². The largest absolute Gasteiger partial charge is 0.468 e. The first-order valence-corrected chi connectivity index (χ1v) is 6.14. The van der Waals surface area contributed by atoms with Crippen LogP contribution in [-0.2, 0) is 14.3 Å². The van der Waals surface area contributed by atoms with Gasteiger partial charge in [0.15, 0.2) is 0 Å². The van der Waals surface area contributed by atoms with Crippen molar-refractivity contribution in [2.24, 2.45) is 5.73 Å². The fourth-order valence-electron chi connectivity index (χ4n) is 1.12. The summed E-state index contributed by atoms with van der Waals surface area (Å²) in [5.41, 5.74) is 4.95. The van der Waals surface area contributed by atoms with E-state index in [9.17, 15) is 4.79 Å². The molecule has 2 N–H and O–H groups in total. The molecule has 0 aliphatic carbocycles. The summed E-state index contributed by atoms with van der Waals surface area (Å²) in [5.74, 6) is 1.63. The Kier molecular flexibility index (Phi) is 7.82. The highest BCUT2D eigenvalue weighted by Gasteiger charge is 2.28. The van der Waals surface area contributed by atoms with Crippen LogP contribution in [0.4, 0.5) is 0 Å². The van der Waals surface area contributed by atoms with Gasteiger partial charge in [0.1, 0.15) is 5.54 Å². The molecule has 0 heterocycles. The Balaban J connectivity index is 3.53. The maximum Gasteiger partial charge on any atom is 0.325 e. The predicted octanol–water partition coefficient (Wildman–Crippen LogP) is 1.04. The molecule has 0 aliphatic rings. The van der Waals surface area contributed by atoms with Crippen molar-refractivity contribution in [1.82, 2.24) is 0 Å². The van der Waals surface area contributed by atoms with Gasteiger partial charge in [0.2, 0.25) is 0 Å². The van der Waals surface area contributed by atoms with Crippen LogP contribution in [0.15, 0.2) is 0 Å². The number of methoxy groups -OCH3 is 2. The van der Waals surface area contributed by atoms with Gasteiger partial charge in [-0.2, -0.15) is 11.8 Å². The van der Waals surface area contributed by atoms with Crippen LogP contribution in [0.25, 0.3) is 0 Å². The van der Waals surface area contributed by atoms with Gasteiger partial charge in [0.25, 0.3) is 0 Å². The summed E-state index contributed by atoms with van der Waals surface area (Å²) >= 11 is 1.81. The molecule has 15 heavy (non-hydrogen) atoms. The van der Waals surface area contributed by atoms with Crippen molar-refractivity contribution in [3.63, 3.8) is 0 Å². The highest BCUT2D eigenvalue weighted by Crippen LogP contribution is 2.13. The maximum atomic E-state index is 11.2. The number of esters is 1. The fraction of sp³-hybridized carbons (Fsp3) is 0.900. The molecule has 90 valence electrons. The normalized spacial score (nSPS) is 14.7. The second-order valence-corrected chi connectivity index (χ2v) is 4.84. The van der Waals surface area contributed by atoms with E-state index >= 15 is 0 Å². The summed E-state index contributed by atoms with van der Waals surface area (Å²) in [6, 6.07) is 0. The molecule has 0 aromatic carbocycles.